The summed E-state index contributed by atoms with van der Waals surface area (Å²) < 4.78 is 5.50. The maximum absolute atomic E-state index is 11.7. The van der Waals surface area contributed by atoms with Crippen LogP contribution in [0.1, 0.15) is 24.2 Å². The zero-order valence-electron chi connectivity index (χ0n) is 11.6. The van der Waals surface area contributed by atoms with Gasteiger partial charge in [-0.2, -0.15) is 0 Å². The van der Waals surface area contributed by atoms with E-state index < -0.39 is 12.0 Å². The molecule has 1 aromatic rings. The van der Waals surface area contributed by atoms with E-state index >= 15 is 0 Å². The van der Waals surface area contributed by atoms with Gasteiger partial charge in [0.25, 0.3) is 5.91 Å². The molecule has 1 unspecified atom stereocenters. The molecule has 0 aromatic heterocycles. The number of hydrogen-bond acceptors (Lipinski definition) is 4. The van der Waals surface area contributed by atoms with Gasteiger partial charge in [0.05, 0.1) is 13.2 Å². The molecular weight excluding hydrogens is 260 g/mol. The van der Waals surface area contributed by atoms with Crippen molar-refractivity contribution in [2.24, 2.45) is 11.7 Å². The lowest BCUT2D eigenvalue weighted by atomic mass is 10.2. The van der Waals surface area contributed by atoms with Gasteiger partial charge in [-0.3, -0.25) is 9.59 Å². The quantitative estimate of drug-likeness (QED) is 0.668. The predicted molar refractivity (Wildman–Crippen MR) is 74.3 cm³/mol. The van der Waals surface area contributed by atoms with Crippen molar-refractivity contribution in [1.82, 2.24) is 5.32 Å². The summed E-state index contributed by atoms with van der Waals surface area (Å²) in [6.45, 7) is 4.49. The SMILES string of the molecule is CC(C)COc1ccc(C(=O)NCC(O)C(N)=O)cc1. The van der Waals surface area contributed by atoms with E-state index in [1.54, 1.807) is 24.3 Å². The molecule has 2 amide bonds. The summed E-state index contributed by atoms with van der Waals surface area (Å²) in [5.41, 5.74) is 5.30. The maximum atomic E-state index is 11.7. The molecule has 6 nitrogen and oxygen atoms in total. The number of amides is 2. The van der Waals surface area contributed by atoms with E-state index in [0.717, 1.165) is 0 Å². The zero-order chi connectivity index (χ0) is 15.1. The van der Waals surface area contributed by atoms with Crippen LogP contribution in [-0.4, -0.2) is 36.2 Å². The smallest absolute Gasteiger partial charge is 0.251 e. The summed E-state index contributed by atoms with van der Waals surface area (Å²) in [4.78, 5) is 22.4. The molecule has 0 spiro atoms. The topological polar surface area (TPSA) is 102 Å². The molecular formula is C14H20N2O4. The molecule has 1 aromatic carbocycles. The molecule has 4 N–H and O–H groups in total. The van der Waals surface area contributed by atoms with E-state index in [4.69, 9.17) is 10.5 Å². The van der Waals surface area contributed by atoms with E-state index in [0.29, 0.717) is 23.8 Å². The number of nitrogens with two attached hydrogens (primary N) is 1. The minimum Gasteiger partial charge on any atom is -0.493 e. The average molecular weight is 280 g/mol. The van der Waals surface area contributed by atoms with Crippen LogP contribution in [0, 0.1) is 5.92 Å². The third-order valence-corrected chi connectivity index (χ3v) is 2.48. The largest absolute Gasteiger partial charge is 0.493 e. The van der Waals surface area contributed by atoms with Crippen molar-refractivity contribution < 1.29 is 19.4 Å². The number of carbonyl (C=O) groups is 2. The highest BCUT2D eigenvalue weighted by Crippen LogP contribution is 2.13. The van der Waals surface area contributed by atoms with Gasteiger partial charge in [-0.1, -0.05) is 13.8 Å². The van der Waals surface area contributed by atoms with E-state index in [1.165, 1.54) is 0 Å². The lowest BCUT2D eigenvalue weighted by Crippen LogP contribution is -2.39. The number of aliphatic hydroxyl groups is 1. The Balaban J connectivity index is 2.51. The van der Waals surface area contributed by atoms with Gasteiger partial charge in [0, 0.05) is 5.56 Å². The van der Waals surface area contributed by atoms with Crippen LogP contribution in [0.4, 0.5) is 0 Å². The fourth-order valence-electron chi connectivity index (χ4n) is 1.36. The second-order valence-corrected chi connectivity index (χ2v) is 4.86. The molecule has 6 heteroatoms. The summed E-state index contributed by atoms with van der Waals surface area (Å²) in [5, 5.41) is 11.6. The number of primary amides is 1. The summed E-state index contributed by atoms with van der Waals surface area (Å²) in [5.74, 6) is -0.149. The first kappa shape index (κ1) is 16.0. The molecule has 0 aliphatic heterocycles. The van der Waals surface area contributed by atoms with E-state index in [2.05, 4.69) is 5.32 Å². The molecule has 0 bridgehead atoms. The lowest BCUT2D eigenvalue weighted by Gasteiger charge is -2.10. The van der Waals surface area contributed by atoms with Gasteiger partial charge in [-0.25, -0.2) is 0 Å². The van der Waals surface area contributed by atoms with Crippen molar-refractivity contribution in [3.63, 3.8) is 0 Å². The molecule has 0 saturated carbocycles. The van der Waals surface area contributed by atoms with Crippen LogP contribution in [0.15, 0.2) is 24.3 Å². The Bertz CT molecular complexity index is 457. The van der Waals surface area contributed by atoms with Crippen molar-refractivity contribution in [3.05, 3.63) is 29.8 Å². The molecule has 0 fully saturated rings. The molecule has 0 radical (unpaired) electrons. The monoisotopic (exact) mass is 280 g/mol. The third-order valence-electron chi connectivity index (χ3n) is 2.48. The highest BCUT2D eigenvalue weighted by atomic mass is 16.5. The van der Waals surface area contributed by atoms with E-state index in [9.17, 15) is 14.7 Å². The van der Waals surface area contributed by atoms with Gasteiger partial charge >= 0.3 is 0 Å². The first-order chi connectivity index (χ1) is 9.40. The van der Waals surface area contributed by atoms with Crippen LogP contribution in [0.25, 0.3) is 0 Å². The summed E-state index contributed by atoms with van der Waals surface area (Å²) in [7, 11) is 0. The van der Waals surface area contributed by atoms with Crippen molar-refractivity contribution >= 4 is 11.8 Å². The van der Waals surface area contributed by atoms with E-state index in [-0.39, 0.29) is 12.5 Å². The number of hydrogen-bond donors (Lipinski definition) is 3. The van der Waals surface area contributed by atoms with Gasteiger partial charge in [0.15, 0.2) is 0 Å². The fourth-order valence-corrected chi connectivity index (χ4v) is 1.36. The Labute approximate surface area is 117 Å². The first-order valence-corrected chi connectivity index (χ1v) is 6.38. The minimum atomic E-state index is -1.38. The van der Waals surface area contributed by atoms with Crippen molar-refractivity contribution in [1.29, 1.82) is 0 Å². The van der Waals surface area contributed by atoms with Crippen LogP contribution in [0.5, 0.6) is 5.75 Å². The Kier molecular flexibility index (Phi) is 5.99. The van der Waals surface area contributed by atoms with Crippen LogP contribution >= 0.6 is 0 Å². The Morgan fingerprint density at radius 3 is 2.40 bits per heavy atom. The molecule has 1 atom stereocenters. The number of benzene rings is 1. The number of carbonyl (C=O) groups excluding carboxylic acids is 2. The average Bonchev–Trinajstić information content (AvgIpc) is 2.42. The maximum Gasteiger partial charge on any atom is 0.251 e. The number of rotatable bonds is 7. The standard InChI is InChI=1S/C14H20N2O4/c1-9(2)8-20-11-5-3-10(4-6-11)14(19)16-7-12(17)13(15)18/h3-6,9,12,17H,7-8H2,1-2H3,(H2,15,18)(H,16,19). The molecule has 0 heterocycles. The third kappa shape index (κ3) is 5.27. The molecule has 110 valence electrons. The number of ether oxygens (including phenoxy) is 1. The normalized spacial score (nSPS) is 12.0. The Morgan fingerprint density at radius 1 is 1.30 bits per heavy atom. The van der Waals surface area contributed by atoms with E-state index in [1.807, 2.05) is 13.8 Å². The zero-order valence-corrected chi connectivity index (χ0v) is 11.6. The highest BCUT2D eigenvalue weighted by molar-refractivity contribution is 5.94. The van der Waals surface area contributed by atoms with Gasteiger partial charge in [0.2, 0.25) is 5.91 Å². The summed E-state index contributed by atoms with van der Waals surface area (Å²) in [6, 6.07) is 6.62. The summed E-state index contributed by atoms with van der Waals surface area (Å²) in [6.07, 6.45) is -1.38. The molecule has 0 aliphatic rings. The van der Waals surface area contributed by atoms with Gasteiger partial charge in [-0.05, 0) is 30.2 Å². The first-order valence-electron chi connectivity index (χ1n) is 6.38. The second-order valence-electron chi connectivity index (χ2n) is 4.86. The minimum absolute atomic E-state index is 0.209. The van der Waals surface area contributed by atoms with Gasteiger partial charge < -0.3 is 20.9 Å². The molecule has 0 saturated heterocycles. The van der Waals surface area contributed by atoms with Crippen molar-refractivity contribution in [2.75, 3.05) is 13.2 Å². The van der Waals surface area contributed by atoms with Gasteiger partial charge in [0.1, 0.15) is 11.9 Å². The van der Waals surface area contributed by atoms with Crippen molar-refractivity contribution in [3.8, 4) is 5.75 Å². The van der Waals surface area contributed by atoms with Crippen LogP contribution in [-0.2, 0) is 4.79 Å². The molecule has 20 heavy (non-hydrogen) atoms. The Hall–Kier alpha value is -2.08. The summed E-state index contributed by atoms with van der Waals surface area (Å²) >= 11 is 0. The lowest BCUT2D eigenvalue weighted by molar-refractivity contribution is -0.125. The predicted octanol–water partition coefficient (Wildman–Crippen LogP) is 0.297. The molecule has 0 aliphatic carbocycles. The Morgan fingerprint density at radius 2 is 1.90 bits per heavy atom. The van der Waals surface area contributed by atoms with Crippen LogP contribution < -0.4 is 15.8 Å². The van der Waals surface area contributed by atoms with Crippen molar-refractivity contribution in [2.45, 2.75) is 20.0 Å². The second kappa shape index (κ2) is 7.49. The molecule has 1 rings (SSSR count). The number of nitrogens with one attached hydrogen (secondary N) is 1. The highest BCUT2D eigenvalue weighted by Gasteiger charge is 2.13. The fraction of sp³-hybridized carbons (Fsp3) is 0.429. The van der Waals surface area contributed by atoms with Crippen LogP contribution in [0.2, 0.25) is 0 Å². The van der Waals surface area contributed by atoms with Crippen LogP contribution in [0.3, 0.4) is 0 Å². The van der Waals surface area contributed by atoms with Gasteiger partial charge in [-0.15, -0.1) is 0 Å². The number of aliphatic hydroxyl groups excluding tert-OH is 1.